The van der Waals surface area contributed by atoms with Crippen molar-refractivity contribution in [3.05, 3.63) is 29.8 Å². The third-order valence-corrected chi connectivity index (χ3v) is 3.44. The van der Waals surface area contributed by atoms with Crippen LogP contribution < -0.4 is 4.74 Å². The third kappa shape index (κ3) is 3.10. The van der Waals surface area contributed by atoms with E-state index in [2.05, 4.69) is 0 Å². The lowest BCUT2D eigenvalue weighted by Gasteiger charge is -2.33. The first-order valence-corrected chi connectivity index (χ1v) is 6.90. The lowest BCUT2D eigenvalue weighted by atomic mass is 10.0. The summed E-state index contributed by atoms with van der Waals surface area (Å²) in [6.45, 7) is 2.90. The number of likely N-dealkylation sites (tertiary alicyclic amines) is 1. The summed E-state index contributed by atoms with van der Waals surface area (Å²) < 4.78 is 5.37. The van der Waals surface area contributed by atoms with Gasteiger partial charge in [0.1, 0.15) is 11.8 Å². The Labute approximate surface area is 118 Å². The summed E-state index contributed by atoms with van der Waals surface area (Å²) >= 11 is 0. The molecular formula is C15H19NO4. The molecule has 0 bridgehead atoms. The molecule has 0 spiro atoms. The number of carboxylic acid groups (broad SMARTS) is 1. The summed E-state index contributed by atoms with van der Waals surface area (Å²) in [5.41, 5.74) is 0.476. The van der Waals surface area contributed by atoms with Crippen molar-refractivity contribution in [2.24, 2.45) is 0 Å². The zero-order valence-corrected chi connectivity index (χ0v) is 11.5. The molecule has 1 amide bonds. The maximum Gasteiger partial charge on any atom is 0.326 e. The van der Waals surface area contributed by atoms with Crippen LogP contribution in [-0.2, 0) is 4.79 Å². The number of rotatable bonds is 4. The Morgan fingerprint density at radius 3 is 2.90 bits per heavy atom. The molecule has 108 valence electrons. The van der Waals surface area contributed by atoms with E-state index in [1.54, 1.807) is 24.3 Å². The van der Waals surface area contributed by atoms with Gasteiger partial charge in [-0.25, -0.2) is 4.79 Å². The minimum Gasteiger partial charge on any atom is -0.494 e. The molecule has 1 atom stereocenters. The Balaban J connectivity index is 2.20. The summed E-state index contributed by atoms with van der Waals surface area (Å²) in [6, 6.07) is 6.17. The van der Waals surface area contributed by atoms with E-state index in [1.807, 2.05) is 6.92 Å². The standard InChI is InChI=1S/C15H19NO4/c1-2-20-12-7-5-6-11(10-12)14(17)16-9-4-3-8-13(16)15(18)19/h5-7,10,13H,2-4,8-9H2,1H3,(H,18,19). The fourth-order valence-electron chi connectivity index (χ4n) is 2.48. The van der Waals surface area contributed by atoms with E-state index in [-0.39, 0.29) is 5.91 Å². The third-order valence-electron chi connectivity index (χ3n) is 3.44. The average molecular weight is 277 g/mol. The van der Waals surface area contributed by atoms with Crippen molar-refractivity contribution in [3.8, 4) is 5.75 Å². The van der Waals surface area contributed by atoms with Crippen molar-refractivity contribution < 1.29 is 19.4 Å². The molecule has 0 radical (unpaired) electrons. The Morgan fingerprint density at radius 2 is 2.20 bits per heavy atom. The van der Waals surface area contributed by atoms with Gasteiger partial charge in [-0.15, -0.1) is 0 Å². The Kier molecular flexibility index (Phi) is 4.61. The largest absolute Gasteiger partial charge is 0.494 e. The second-order valence-corrected chi connectivity index (χ2v) is 4.81. The lowest BCUT2D eigenvalue weighted by Crippen LogP contribution is -2.47. The highest BCUT2D eigenvalue weighted by molar-refractivity contribution is 5.97. The van der Waals surface area contributed by atoms with Crippen molar-refractivity contribution in [2.45, 2.75) is 32.2 Å². The van der Waals surface area contributed by atoms with E-state index in [4.69, 9.17) is 4.74 Å². The SMILES string of the molecule is CCOc1cccc(C(=O)N2CCCCC2C(=O)O)c1. The van der Waals surface area contributed by atoms with Crippen LogP contribution in [0.2, 0.25) is 0 Å². The predicted molar refractivity (Wildman–Crippen MR) is 73.9 cm³/mol. The van der Waals surface area contributed by atoms with Crippen LogP contribution >= 0.6 is 0 Å². The van der Waals surface area contributed by atoms with Gasteiger partial charge in [0.2, 0.25) is 0 Å². The van der Waals surface area contributed by atoms with Gasteiger partial charge in [0, 0.05) is 12.1 Å². The molecule has 5 nitrogen and oxygen atoms in total. The molecule has 1 fully saturated rings. The van der Waals surface area contributed by atoms with E-state index < -0.39 is 12.0 Å². The van der Waals surface area contributed by atoms with E-state index >= 15 is 0 Å². The fourth-order valence-corrected chi connectivity index (χ4v) is 2.48. The van der Waals surface area contributed by atoms with Gasteiger partial charge in [0.15, 0.2) is 0 Å². The minimum atomic E-state index is -0.931. The van der Waals surface area contributed by atoms with Crippen LogP contribution in [0.1, 0.15) is 36.5 Å². The smallest absolute Gasteiger partial charge is 0.326 e. The predicted octanol–water partition coefficient (Wildman–Crippen LogP) is 2.16. The molecule has 1 aromatic rings. The van der Waals surface area contributed by atoms with Crippen LogP contribution in [0, 0.1) is 0 Å². The molecule has 20 heavy (non-hydrogen) atoms. The van der Waals surface area contributed by atoms with Crippen molar-refractivity contribution in [1.82, 2.24) is 4.90 Å². The molecule has 1 aromatic carbocycles. The number of hydrogen-bond donors (Lipinski definition) is 1. The zero-order chi connectivity index (χ0) is 14.5. The lowest BCUT2D eigenvalue weighted by molar-refractivity contribution is -0.143. The van der Waals surface area contributed by atoms with Gasteiger partial charge in [0.05, 0.1) is 6.61 Å². The summed E-state index contributed by atoms with van der Waals surface area (Å²) in [6.07, 6.45) is 2.21. The molecular weight excluding hydrogens is 258 g/mol. The number of hydrogen-bond acceptors (Lipinski definition) is 3. The molecule has 1 heterocycles. The van der Waals surface area contributed by atoms with E-state index in [9.17, 15) is 14.7 Å². The summed E-state index contributed by atoms with van der Waals surface area (Å²) in [5, 5.41) is 9.22. The maximum absolute atomic E-state index is 12.5. The second kappa shape index (κ2) is 6.41. The van der Waals surface area contributed by atoms with Gasteiger partial charge in [-0.2, -0.15) is 0 Å². The fraction of sp³-hybridized carbons (Fsp3) is 0.467. The topological polar surface area (TPSA) is 66.8 Å². The normalized spacial score (nSPS) is 18.6. The Bertz CT molecular complexity index is 500. The van der Waals surface area contributed by atoms with Crippen molar-refractivity contribution in [1.29, 1.82) is 0 Å². The van der Waals surface area contributed by atoms with Gasteiger partial charge < -0.3 is 14.7 Å². The number of carbonyl (C=O) groups excluding carboxylic acids is 1. The summed E-state index contributed by atoms with van der Waals surface area (Å²) in [5.74, 6) is -0.542. The Hall–Kier alpha value is -2.04. The van der Waals surface area contributed by atoms with E-state index in [0.29, 0.717) is 30.9 Å². The first kappa shape index (κ1) is 14.4. The van der Waals surface area contributed by atoms with E-state index in [1.165, 1.54) is 4.90 Å². The van der Waals surface area contributed by atoms with Crippen LogP contribution in [0.3, 0.4) is 0 Å². The van der Waals surface area contributed by atoms with Gasteiger partial charge in [0.25, 0.3) is 5.91 Å². The first-order valence-electron chi connectivity index (χ1n) is 6.90. The molecule has 1 saturated heterocycles. The number of carboxylic acids is 1. The summed E-state index contributed by atoms with van der Waals surface area (Å²) in [7, 11) is 0. The average Bonchev–Trinajstić information content (AvgIpc) is 2.47. The molecule has 1 aliphatic rings. The quantitative estimate of drug-likeness (QED) is 0.916. The van der Waals surface area contributed by atoms with Crippen molar-refractivity contribution in [2.75, 3.05) is 13.2 Å². The molecule has 0 aromatic heterocycles. The maximum atomic E-state index is 12.5. The van der Waals surface area contributed by atoms with Crippen LogP contribution in [0.25, 0.3) is 0 Å². The number of nitrogens with zero attached hydrogens (tertiary/aromatic N) is 1. The van der Waals surface area contributed by atoms with Crippen LogP contribution in [0.5, 0.6) is 5.75 Å². The Morgan fingerprint density at radius 1 is 1.40 bits per heavy atom. The van der Waals surface area contributed by atoms with Crippen LogP contribution in [-0.4, -0.2) is 41.1 Å². The molecule has 5 heteroatoms. The van der Waals surface area contributed by atoms with Gasteiger partial charge in [-0.3, -0.25) is 4.79 Å². The number of piperidine rings is 1. The van der Waals surface area contributed by atoms with Crippen LogP contribution in [0.15, 0.2) is 24.3 Å². The molecule has 1 N–H and O–H groups in total. The highest BCUT2D eigenvalue weighted by Gasteiger charge is 2.32. The summed E-state index contributed by atoms with van der Waals surface area (Å²) in [4.78, 5) is 25.2. The molecule has 1 unspecified atom stereocenters. The zero-order valence-electron chi connectivity index (χ0n) is 11.5. The number of carbonyl (C=O) groups is 2. The van der Waals surface area contributed by atoms with Crippen LogP contribution in [0.4, 0.5) is 0 Å². The molecule has 1 aliphatic heterocycles. The first-order chi connectivity index (χ1) is 9.63. The van der Waals surface area contributed by atoms with Gasteiger partial charge in [-0.1, -0.05) is 6.07 Å². The molecule has 2 rings (SSSR count). The highest BCUT2D eigenvalue weighted by Crippen LogP contribution is 2.21. The van der Waals surface area contributed by atoms with Crippen molar-refractivity contribution in [3.63, 3.8) is 0 Å². The monoisotopic (exact) mass is 277 g/mol. The number of benzene rings is 1. The van der Waals surface area contributed by atoms with Gasteiger partial charge in [-0.05, 0) is 44.4 Å². The molecule has 0 aliphatic carbocycles. The molecule has 0 saturated carbocycles. The highest BCUT2D eigenvalue weighted by atomic mass is 16.5. The van der Waals surface area contributed by atoms with E-state index in [0.717, 1.165) is 12.8 Å². The second-order valence-electron chi connectivity index (χ2n) is 4.81. The number of amides is 1. The van der Waals surface area contributed by atoms with Crippen molar-refractivity contribution >= 4 is 11.9 Å². The number of aliphatic carboxylic acids is 1. The van der Waals surface area contributed by atoms with Gasteiger partial charge >= 0.3 is 5.97 Å². The number of ether oxygens (including phenoxy) is 1. The minimum absolute atomic E-state index is 0.237.